The van der Waals surface area contributed by atoms with Gasteiger partial charge in [0, 0.05) is 26.2 Å². The van der Waals surface area contributed by atoms with Gasteiger partial charge in [0.05, 0.1) is 24.5 Å². The number of nitrogens with zero attached hydrogens (tertiary/aromatic N) is 2. The van der Waals surface area contributed by atoms with Crippen molar-refractivity contribution < 1.29 is 22.7 Å². The van der Waals surface area contributed by atoms with Gasteiger partial charge in [-0.2, -0.15) is 8.78 Å². The topological polar surface area (TPSA) is 58.0 Å². The number of rotatable bonds is 7. The molecule has 2 aromatic rings. The summed E-state index contributed by atoms with van der Waals surface area (Å²) in [5.41, 5.74) is 0.242. The molecule has 2 heterocycles. The van der Waals surface area contributed by atoms with Crippen LogP contribution in [0.15, 0.2) is 47.1 Å². The highest BCUT2D eigenvalue weighted by Crippen LogP contribution is 2.26. The summed E-state index contributed by atoms with van der Waals surface area (Å²) in [6.45, 7) is 2.75. The number of hydrogen-bond donors (Lipinski definition) is 1. The molecule has 0 unspecified atom stereocenters. The number of carbonyl (C=O) groups excluding carboxylic acids is 1. The molecule has 8 heteroatoms. The van der Waals surface area contributed by atoms with Crippen LogP contribution < -0.4 is 10.1 Å². The van der Waals surface area contributed by atoms with Gasteiger partial charge in [-0.25, -0.2) is 0 Å². The summed E-state index contributed by atoms with van der Waals surface area (Å²) < 4.78 is 34.8. The summed E-state index contributed by atoms with van der Waals surface area (Å²) in [6, 6.07) is 9.62. The van der Waals surface area contributed by atoms with Crippen LogP contribution in [0.1, 0.15) is 12.7 Å². The Bertz CT molecular complexity index is 732. The van der Waals surface area contributed by atoms with Gasteiger partial charge in [0.15, 0.2) is 0 Å². The molecule has 1 N–H and O–H groups in total. The molecule has 1 amide bonds. The Hall–Kier alpha value is -2.45. The molecule has 27 heavy (non-hydrogen) atoms. The number of amides is 1. The minimum Gasteiger partial charge on any atom is -0.468 e. The van der Waals surface area contributed by atoms with Crippen LogP contribution in [0.4, 0.5) is 14.5 Å². The maximum atomic E-state index is 12.6. The van der Waals surface area contributed by atoms with Crippen molar-refractivity contribution in [3.8, 4) is 5.75 Å². The largest absolute Gasteiger partial charge is 0.468 e. The number of alkyl halides is 2. The molecule has 1 atom stereocenters. The van der Waals surface area contributed by atoms with Crippen molar-refractivity contribution in [2.45, 2.75) is 26.1 Å². The highest BCUT2D eigenvalue weighted by molar-refractivity contribution is 5.95. The fourth-order valence-electron chi connectivity index (χ4n) is 3.10. The van der Waals surface area contributed by atoms with Crippen molar-refractivity contribution in [2.75, 3.05) is 31.5 Å². The highest BCUT2D eigenvalue weighted by Gasteiger charge is 2.26. The van der Waals surface area contributed by atoms with Gasteiger partial charge in [-0.3, -0.25) is 14.6 Å². The monoisotopic (exact) mass is 379 g/mol. The molecule has 0 aliphatic carbocycles. The van der Waals surface area contributed by atoms with Gasteiger partial charge in [-0.1, -0.05) is 12.1 Å². The van der Waals surface area contributed by atoms with Crippen molar-refractivity contribution in [3.63, 3.8) is 0 Å². The molecular formula is C19H23F2N3O3. The first-order chi connectivity index (χ1) is 13.0. The van der Waals surface area contributed by atoms with Gasteiger partial charge < -0.3 is 14.5 Å². The third-order valence-electron chi connectivity index (χ3n) is 4.65. The normalized spacial score (nSPS) is 17.0. The molecule has 3 rings (SSSR count). The van der Waals surface area contributed by atoms with Gasteiger partial charge in [-0.15, -0.1) is 0 Å². The Morgan fingerprint density at radius 1 is 1.19 bits per heavy atom. The van der Waals surface area contributed by atoms with E-state index in [-0.39, 0.29) is 23.4 Å². The zero-order valence-electron chi connectivity index (χ0n) is 15.1. The molecule has 1 aromatic heterocycles. The first-order valence-electron chi connectivity index (χ1n) is 8.86. The molecule has 1 aromatic carbocycles. The van der Waals surface area contributed by atoms with E-state index >= 15 is 0 Å². The van der Waals surface area contributed by atoms with Gasteiger partial charge >= 0.3 is 6.61 Å². The van der Waals surface area contributed by atoms with E-state index in [1.165, 1.54) is 6.07 Å². The van der Waals surface area contributed by atoms with Crippen LogP contribution in [0.3, 0.4) is 0 Å². The summed E-state index contributed by atoms with van der Waals surface area (Å²) >= 11 is 0. The lowest BCUT2D eigenvalue weighted by Crippen LogP contribution is -2.52. The summed E-state index contributed by atoms with van der Waals surface area (Å²) in [4.78, 5) is 16.9. The van der Waals surface area contributed by atoms with Gasteiger partial charge in [0.25, 0.3) is 0 Å². The van der Waals surface area contributed by atoms with E-state index in [4.69, 9.17) is 4.42 Å². The van der Waals surface area contributed by atoms with Crippen molar-refractivity contribution >= 4 is 11.6 Å². The Morgan fingerprint density at radius 2 is 1.93 bits per heavy atom. The number of ether oxygens (including phenoxy) is 1. The molecule has 1 saturated heterocycles. The summed E-state index contributed by atoms with van der Waals surface area (Å²) in [6.07, 6.45) is 1.66. The van der Waals surface area contributed by atoms with Crippen LogP contribution in [0.5, 0.6) is 5.75 Å². The zero-order chi connectivity index (χ0) is 19.2. The number of para-hydroxylation sites is 2. The minimum atomic E-state index is -2.94. The summed E-state index contributed by atoms with van der Waals surface area (Å²) in [7, 11) is 0. The summed E-state index contributed by atoms with van der Waals surface area (Å²) in [5.74, 6) is 0.626. The van der Waals surface area contributed by atoms with Crippen molar-refractivity contribution in [1.82, 2.24) is 9.80 Å². The van der Waals surface area contributed by atoms with Crippen LogP contribution in [-0.4, -0.2) is 54.5 Å². The number of carbonyl (C=O) groups is 1. The van der Waals surface area contributed by atoms with Crippen molar-refractivity contribution in [3.05, 3.63) is 48.4 Å². The molecule has 6 nitrogen and oxygen atoms in total. The molecule has 1 aliphatic heterocycles. The number of benzene rings is 1. The fourth-order valence-corrected chi connectivity index (χ4v) is 3.10. The van der Waals surface area contributed by atoms with Gasteiger partial charge in [0.1, 0.15) is 11.5 Å². The van der Waals surface area contributed by atoms with Gasteiger partial charge in [0.2, 0.25) is 5.91 Å². The van der Waals surface area contributed by atoms with Crippen LogP contribution in [0, 0.1) is 0 Å². The Morgan fingerprint density at radius 3 is 2.59 bits per heavy atom. The molecule has 0 spiro atoms. The highest BCUT2D eigenvalue weighted by atomic mass is 19.3. The van der Waals surface area contributed by atoms with E-state index in [9.17, 15) is 13.6 Å². The average Bonchev–Trinajstić information content (AvgIpc) is 3.16. The van der Waals surface area contributed by atoms with Crippen LogP contribution in [0.2, 0.25) is 0 Å². The first kappa shape index (κ1) is 19.3. The zero-order valence-corrected chi connectivity index (χ0v) is 15.1. The average molecular weight is 379 g/mol. The maximum Gasteiger partial charge on any atom is 0.387 e. The second-order valence-electron chi connectivity index (χ2n) is 6.43. The second-order valence-corrected chi connectivity index (χ2v) is 6.43. The first-order valence-corrected chi connectivity index (χ1v) is 8.86. The van der Waals surface area contributed by atoms with Crippen LogP contribution >= 0.6 is 0 Å². The smallest absolute Gasteiger partial charge is 0.387 e. The Labute approximate surface area is 156 Å². The van der Waals surface area contributed by atoms with E-state index in [0.717, 1.165) is 38.5 Å². The van der Waals surface area contributed by atoms with E-state index in [1.54, 1.807) is 24.5 Å². The SMILES string of the molecule is C[C@H](C(=O)Nc1ccccc1OC(F)F)N1CCN(Cc2ccco2)CC1. The third kappa shape index (κ3) is 5.27. The van der Waals surface area contributed by atoms with E-state index in [2.05, 4.69) is 19.9 Å². The minimum absolute atomic E-state index is 0.0451. The number of furan rings is 1. The lowest BCUT2D eigenvalue weighted by atomic mass is 10.2. The molecular weight excluding hydrogens is 356 g/mol. The molecule has 0 saturated carbocycles. The lowest BCUT2D eigenvalue weighted by Gasteiger charge is -2.37. The predicted octanol–water partition coefficient (Wildman–Crippen LogP) is 3.03. The molecule has 0 radical (unpaired) electrons. The van der Waals surface area contributed by atoms with Crippen LogP contribution in [0.25, 0.3) is 0 Å². The lowest BCUT2D eigenvalue weighted by molar-refractivity contribution is -0.121. The standard InChI is InChI=1S/C19H23F2N3O3/c1-14(18(25)22-16-6-2-3-7-17(16)27-19(20)21)24-10-8-23(9-11-24)13-15-5-4-12-26-15/h2-7,12,14,19H,8-11,13H2,1H3,(H,22,25)/t14-/m1/s1. The van der Waals surface area contributed by atoms with Crippen molar-refractivity contribution in [2.24, 2.45) is 0 Å². The number of hydrogen-bond acceptors (Lipinski definition) is 5. The van der Waals surface area contributed by atoms with E-state index in [0.29, 0.717) is 0 Å². The maximum absolute atomic E-state index is 12.6. The Balaban J connectivity index is 1.52. The van der Waals surface area contributed by atoms with Gasteiger partial charge in [-0.05, 0) is 31.2 Å². The predicted molar refractivity (Wildman–Crippen MR) is 96.7 cm³/mol. The number of nitrogens with one attached hydrogen (secondary N) is 1. The molecule has 1 aliphatic rings. The van der Waals surface area contributed by atoms with E-state index in [1.807, 2.05) is 19.1 Å². The number of anilines is 1. The number of halogens is 2. The quantitative estimate of drug-likeness (QED) is 0.801. The fraction of sp³-hybridized carbons (Fsp3) is 0.421. The Kier molecular flexibility index (Phi) is 6.41. The van der Waals surface area contributed by atoms with E-state index < -0.39 is 6.61 Å². The van der Waals surface area contributed by atoms with Crippen LogP contribution in [-0.2, 0) is 11.3 Å². The molecule has 0 bridgehead atoms. The summed E-state index contributed by atoms with van der Waals surface area (Å²) in [5, 5.41) is 2.69. The third-order valence-corrected chi connectivity index (χ3v) is 4.65. The number of piperazine rings is 1. The second kappa shape index (κ2) is 8.96. The van der Waals surface area contributed by atoms with Crippen molar-refractivity contribution in [1.29, 1.82) is 0 Å². The molecule has 146 valence electrons. The molecule has 1 fully saturated rings.